The van der Waals surface area contributed by atoms with Gasteiger partial charge in [0.15, 0.2) is 6.29 Å². The Morgan fingerprint density at radius 2 is 1.93 bits per heavy atom. The molecule has 4 rings (SSSR count). The van der Waals surface area contributed by atoms with Crippen LogP contribution >= 0.6 is 11.6 Å². The van der Waals surface area contributed by atoms with E-state index in [0.29, 0.717) is 22.6 Å². The molecule has 0 aliphatic carbocycles. The Labute approximate surface area is 161 Å². The second kappa shape index (κ2) is 6.33. The molecule has 2 aromatic rings. The van der Waals surface area contributed by atoms with Gasteiger partial charge in [-0.05, 0) is 44.5 Å². The van der Waals surface area contributed by atoms with Crippen LogP contribution in [0.4, 0.5) is 10.6 Å². The number of rotatable bonds is 3. The predicted molar refractivity (Wildman–Crippen MR) is 97.1 cm³/mol. The lowest BCUT2D eigenvalue weighted by molar-refractivity contribution is -0.415. The van der Waals surface area contributed by atoms with Crippen LogP contribution in [-0.2, 0) is 21.6 Å². The van der Waals surface area contributed by atoms with Gasteiger partial charge in [-0.25, -0.2) is 0 Å². The number of carbonyl (C=O) groups excluding carboxylic acids is 2. The Bertz CT molecular complexity index is 906. The van der Waals surface area contributed by atoms with Crippen molar-refractivity contribution >= 4 is 28.7 Å². The van der Waals surface area contributed by atoms with Crippen LogP contribution in [0.2, 0.25) is 0 Å². The maximum absolute atomic E-state index is 12.7. The predicted octanol–water partition coefficient (Wildman–Crippen LogP) is 3.39. The van der Waals surface area contributed by atoms with Gasteiger partial charge in [-0.3, -0.25) is 9.59 Å². The van der Waals surface area contributed by atoms with Crippen LogP contribution in [0.3, 0.4) is 0 Å². The highest BCUT2D eigenvalue weighted by atomic mass is 35.5. The fourth-order valence-electron chi connectivity index (χ4n) is 3.38. The van der Waals surface area contributed by atoms with Crippen LogP contribution in [-0.4, -0.2) is 32.2 Å². The largest absolute Gasteiger partial charge is 0.317 e. The fraction of sp³-hybridized carbons (Fsp3) is 0.389. The Morgan fingerprint density at radius 1 is 1.26 bits per heavy atom. The summed E-state index contributed by atoms with van der Waals surface area (Å²) in [5, 5.41) is 6.89. The van der Waals surface area contributed by atoms with Crippen molar-refractivity contribution in [1.82, 2.24) is 14.7 Å². The van der Waals surface area contributed by atoms with Gasteiger partial charge in [-0.1, -0.05) is 18.2 Å². The second-order valence-electron chi connectivity index (χ2n) is 6.99. The molecule has 0 spiro atoms. The molecule has 1 aromatic heterocycles. The van der Waals surface area contributed by atoms with Crippen molar-refractivity contribution in [3.8, 4) is 0 Å². The number of amides is 2. The summed E-state index contributed by atoms with van der Waals surface area (Å²) in [5.41, 5.74) is 1.14. The highest BCUT2D eigenvalue weighted by Crippen LogP contribution is 2.44. The smallest absolute Gasteiger partial charge is 0.314 e. The molecule has 2 aliphatic heterocycles. The van der Waals surface area contributed by atoms with Gasteiger partial charge in [0, 0.05) is 11.1 Å². The number of nitrogens with zero attached hydrogens (tertiary/aromatic N) is 3. The van der Waals surface area contributed by atoms with Crippen LogP contribution in [0, 0.1) is 0 Å². The minimum absolute atomic E-state index is 0.233. The molecule has 0 radical (unpaired) electrons. The first-order valence-corrected chi connectivity index (χ1v) is 8.93. The Morgan fingerprint density at radius 3 is 2.52 bits per heavy atom. The zero-order chi connectivity index (χ0) is 19.3. The Balaban J connectivity index is 1.73. The van der Waals surface area contributed by atoms with Gasteiger partial charge in [0.05, 0.1) is 17.8 Å². The molecular weight excluding hydrogens is 372 g/mol. The van der Waals surface area contributed by atoms with Crippen LogP contribution in [0.5, 0.6) is 0 Å². The first kappa shape index (κ1) is 18.0. The van der Waals surface area contributed by atoms with E-state index in [9.17, 15) is 9.59 Å². The average molecular weight is 391 g/mol. The third-order valence-electron chi connectivity index (χ3n) is 4.87. The quantitative estimate of drug-likeness (QED) is 0.641. The maximum atomic E-state index is 12.7. The number of nitrogens with one attached hydrogen (secondary N) is 1. The monoisotopic (exact) mass is 390 g/mol. The van der Waals surface area contributed by atoms with Gasteiger partial charge in [-0.2, -0.15) is 9.78 Å². The number of carbonyl (C=O) groups is 2. The molecule has 0 unspecified atom stereocenters. The third kappa shape index (κ3) is 2.90. The first-order valence-electron chi connectivity index (χ1n) is 8.55. The lowest BCUT2D eigenvalue weighted by Crippen LogP contribution is -2.40. The fourth-order valence-corrected chi connectivity index (χ4v) is 3.65. The van der Waals surface area contributed by atoms with Crippen molar-refractivity contribution in [3.05, 3.63) is 47.2 Å². The van der Waals surface area contributed by atoms with E-state index in [4.69, 9.17) is 21.1 Å². The minimum atomic E-state index is -0.729. The van der Waals surface area contributed by atoms with Crippen molar-refractivity contribution in [2.75, 3.05) is 5.32 Å². The maximum Gasteiger partial charge on any atom is 0.317 e. The van der Waals surface area contributed by atoms with E-state index in [1.165, 1.54) is 9.58 Å². The summed E-state index contributed by atoms with van der Waals surface area (Å²) in [4.78, 5) is 26.0. The Kier molecular flexibility index (Phi) is 4.21. The molecule has 27 heavy (non-hydrogen) atoms. The molecule has 9 heteroatoms. The SMILES string of the molecule is CC1OC(n2nc3c(c2NC(=O)c2ccccc2)CN(C(=O)Cl)C3(C)C)O1. The van der Waals surface area contributed by atoms with Crippen molar-refractivity contribution in [1.29, 1.82) is 0 Å². The molecule has 0 bridgehead atoms. The average Bonchev–Trinajstić information content (AvgIpc) is 3.08. The van der Waals surface area contributed by atoms with Gasteiger partial charge in [-0.15, -0.1) is 0 Å². The second-order valence-corrected chi connectivity index (χ2v) is 7.31. The normalized spacial score (nSPS) is 22.9. The van der Waals surface area contributed by atoms with Crippen LogP contribution in [0.15, 0.2) is 30.3 Å². The van der Waals surface area contributed by atoms with Crippen molar-refractivity contribution in [3.63, 3.8) is 0 Å². The molecule has 1 N–H and O–H groups in total. The summed E-state index contributed by atoms with van der Waals surface area (Å²) in [6.45, 7) is 5.71. The lowest BCUT2D eigenvalue weighted by Gasteiger charge is -2.35. The highest BCUT2D eigenvalue weighted by Gasteiger charge is 2.46. The summed E-state index contributed by atoms with van der Waals surface area (Å²) < 4.78 is 12.6. The topological polar surface area (TPSA) is 85.7 Å². The van der Waals surface area contributed by atoms with Crippen LogP contribution < -0.4 is 5.32 Å². The van der Waals surface area contributed by atoms with Crippen LogP contribution in [0.1, 0.15) is 48.8 Å². The van der Waals surface area contributed by atoms with Gasteiger partial charge < -0.3 is 19.7 Å². The molecule has 2 amide bonds. The van der Waals surface area contributed by atoms with Crippen molar-refractivity contribution in [2.24, 2.45) is 0 Å². The summed E-state index contributed by atoms with van der Waals surface area (Å²) in [7, 11) is 0. The van der Waals surface area contributed by atoms with E-state index in [0.717, 1.165) is 0 Å². The van der Waals surface area contributed by atoms with E-state index < -0.39 is 17.3 Å². The summed E-state index contributed by atoms with van der Waals surface area (Å²) >= 11 is 5.75. The van der Waals surface area contributed by atoms with Gasteiger partial charge >= 0.3 is 5.37 Å². The van der Waals surface area contributed by atoms with E-state index >= 15 is 0 Å². The molecule has 142 valence electrons. The zero-order valence-electron chi connectivity index (χ0n) is 15.1. The number of ether oxygens (including phenoxy) is 2. The number of aromatic nitrogens is 2. The van der Waals surface area contributed by atoms with E-state index in [1.807, 2.05) is 19.9 Å². The number of fused-ring (bicyclic) bond motifs is 1. The summed E-state index contributed by atoms with van der Waals surface area (Å²) in [6, 6.07) is 8.84. The molecule has 1 fully saturated rings. The summed E-state index contributed by atoms with van der Waals surface area (Å²) in [5.74, 6) is 0.143. The van der Waals surface area contributed by atoms with Gasteiger partial charge in [0.1, 0.15) is 5.82 Å². The molecule has 0 atom stereocenters. The zero-order valence-corrected chi connectivity index (χ0v) is 15.9. The van der Waals surface area contributed by atoms with E-state index in [2.05, 4.69) is 10.4 Å². The molecule has 2 aliphatic rings. The number of halogens is 1. The number of anilines is 1. The number of hydrogen-bond donors (Lipinski definition) is 1. The van der Waals surface area contributed by atoms with Crippen molar-refractivity contribution < 1.29 is 19.1 Å². The molecule has 1 saturated heterocycles. The van der Waals surface area contributed by atoms with E-state index in [1.54, 1.807) is 31.2 Å². The molecule has 3 heterocycles. The summed E-state index contributed by atoms with van der Waals surface area (Å²) in [6.07, 6.45) is -1.08. The Hall–Kier alpha value is -2.42. The van der Waals surface area contributed by atoms with Gasteiger partial charge in [0.25, 0.3) is 12.3 Å². The van der Waals surface area contributed by atoms with E-state index in [-0.39, 0.29) is 18.7 Å². The van der Waals surface area contributed by atoms with Gasteiger partial charge in [0.2, 0.25) is 0 Å². The molecular formula is C18H19ClN4O4. The first-order chi connectivity index (χ1) is 12.8. The van der Waals surface area contributed by atoms with Crippen LogP contribution in [0.25, 0.3) is 0 Å². The molecule has 0 saturated carbocycles. The third-order valence-corrected chi connectivity index (χ3v) is 5.08. The standard InChI is InChI=1S/C18H19ClN4O4/c1-10-26-17(27-10)23-14(20-15(24)11-7-5-4-6-8-11)12-9-22(16(19)25)18(2,3)13(12)21-23/h4-8,10,17H,9H2,1-3H3,(H,20,24). The number of benzene rings is 1. The van der Waals surface area contributed by atoms with Crippen molar-refractivity contribution in [2.45, 2.75) is 45.6 Å². The number of hydrogen-bond acceptors (Lipinski definition) is 5. The highest BCUT2D eigenvalue weighted by molar-refractivity contribution is 6.62. The molecule has 8 nitrogen and oxygen atoms in total. The minimum Gasteiger partial charge on any atom is -0.314 e. The lowest BCUT2D eigenvalue weighted by atomic mass is 10.0. The molecule has 1 aromatic carbocycles.